The Hall–Kier alpha value is -2.00. The molecular formula is C22H24Cl2FN5OS. The van der Waals surface area contributed by atoms with Gasteiger partial charge in [0.1, 0.15) is 11.9 Å². The van der Waals surface area contributed by atoms with Gasteiger partial charge in [-0.15, -0.1) is 0 Å². The second kappa shape index (κ2) is 9.87. The van der Waals surface area contributed by atoms with Crippen LogP contribution >= 0.6 is 35.1 Å². The Morgan fingerprint density at radius 3 is 2.69 bits per heavy atom. The van der Waals surface area contributed by atoms with Crippen molar-refractivity contribution < 1.29 is 9.13 Å². The normalized spacial score (nSPS) is 16.3. The first kappa shape index (κ1) is 23.2. The van der Waals surface area contributed by atoms with Crippen LogP contribution in [0.3, 0.4) is 0 Å². The summed E-state index contributed by atoms with van der Waals surface area (Å²) in [6.45, 7) is 3.83. The summed E-state index contributed by atoms with van der Waals surface area (Å²) in [5.41, 5.74) is 8.15. The number of nitrogen functional groups attached to an aromatic ring is 1. The fraction of sp³-hybridized carbons (Fsp3) is 0.364. The SMILES string of the molecule is CSN1CCC(n2cc(-c3cnc(N)c(OC(C)c4c(Cl)ccc(F)c4Cl)c3)cn2)CC1. The molecule has 0 amide bonds. The highest BCUT2D eigenvalue weighted by Crippen LogP contribution is 2.37. The van der Waals surface area contributed by atoms with Gasteiger partial charge >= 0.3 is 0 Å². The molecule has 32 heavy (non-hydrogen) atoms. The Bertz CT molecular complexity index is 1100. The average Bonchev–Trinajstić information content (AvgIpc) is 3.28. The molecule has 2 aromatic heterocycles. The number of hydrogen-bond donors (Lipinski definition) is 1. The van der Waals surface area contributed by atoms with E-state index >= 15 is 0 Å². The molecule has 1 aromatic carbocycles. The Labute approximate surface area is 201 Å². The van der Waals surface area contributed by atoms with Crippen molar-refractivity contribution in [1.82, 2.24) is 19.1 Å². The van der Waals surface area contributed by atoms with Crippen LogP contribution in [0, 0.1) is 5.82 Å². The average molecular weight is 496 g/mol. The lowest BCUT2D eigenvalue weighted by Crippen LogP contribution is -2.29. The van der Waals surface area contributed by atoms with E-state index in [2.05, 4.69) is 20.6 Å². The van der Waals surface area contributed by atoms with E-state index in [9.17, 15) is 4.39 Å². The highest BCUT2D eigenvalue weighted by molar-refractivity contribution is 7.96. The molecule has 1 aliphatic rings. The van der Waals surface area contributed by atoms with Crippen LogP contribution in [0.1, 0.15) is 37.5 Å². The van der Waals surface area contributed by atoms with Crippen molar-refractivity contribution in [2.24, 2.45) is 0 Å². The summed E-state index contributed by atoms with van der Waals surface area (Å²) in [5.74, 6) is 0.0330. The summed E-state index contributed by atoms with van der Waals surface area (Å²) >= 11 is 14.1. The minimum atomic E-state index is -0.630. The van der Waals surface area contributed by atoms with E-state index in [0.717, 1.165) is 37.1 Å². The molecule has 3 aromatic rings. The summed E-state index contributed by atoms with van der Waals surface area (Å²) in [6.07, 6.45) is 9.13. The van der Waals surface area contributed by atoms with Crippen LogP contribution in [0.2, 0.25) is 10.0 Å². The fourth-order valence-corrected chi connectivity index (χ4v) is 5.10. The monoisotopic (exact) mass is 495 g/mol. The summed E-state index contributed by atoms with van der Waals surface area (Å²) in [6, 6.07) is 4.85. The summed E-state index contributed by atoms with van der Waals surface area (Å²) in [7, 11) is 0. The Kier molecular flexibility index (Phi) is 7.14. The van der Waals surface area contributed by atoms with Crippen molar-refractivity contribution in [2.75, 3.05) is 25.1 Å². The number of ether oxygens (including phenoxy) is 1. The highest BCUT2D eigenvalue weighted by atomic mass is 35.5. The summed E-state index contributed by atoms with van der Waals surface area (Å²) in [5, 5.41) is 4.83. The third-order valence-electron chi connectivity index (χ3n) is 5.66. The van der Waals surface area contributed by atoms with Crippen molar-refractivity contribution in [3.63, 3.8) is 0 Å². The van der Waals surface area contributed by atoms with Crippen LogP contribution in [-0.2, 0) is 0 Å². The Balaban J connectivity index is 1.54. The van der Waals surface area contributed by atoms with Crippen LogP contribution < -0.4 is 10.5 Å². The zero-order valence-electron chi connectivity index (χ0n) is 17.8. The number of nitrogens with two attached hydrogens (primary N) is 1. The predicted molar refractivity (Wildman–Crippen MR) is 129 cm³/mol. The summed E-state index contributed by atoms with van der Waals surface area (Å²) in [4.78, 5) is 4.27. The molecule has 1 saturated heterocycles. The Morgan fingerprint density at radius 2 is 1.97 bits per heavy atom. The number of anilines is 1. The van der Waals surface area contributed by atoms with E-state index < -0.39 is 11.9 Å². The van der Waals surface area contributed by atoms with Crippen molar-refractivity contribution >= 4 is 41.0 Å². The van der Waals surface area contributed by atoms with Crippen molar-refractivity contribution in [3.05, 3.63) is 58.2 Å². The first-order chi connectivity index (χ1) is 15.4. The van der Waals surface area contributed by atoms with Gasteiger partial charge in [-0.25, -0.2) is 9.37 Å². The molecule has 0 bridgehead atoms. The minimum absolute atomic E-state index is 0.0681. The molecule has 0 saturated carbocycles. The van der Waals surface area contributed by atoms with E-state index in [4.69, 9.17) is 33.7 Å². The molecule has 0 spiro atoms. The number of hydrogen-bond acceptors (Lipinski definition) is 6. The number of benzene rings is 1. The quantitative estimate of drug-likeness (QED) is 0.332. The molecule has 1 fully saturated rings. The van der Waals surface area contributed by atoms with E-state index in [1.807, 2.05) is 17.1 Å². The maximum atomic E-state index is 13.9. The zero-order valence-corrected chi connectivity index (χ0v) is 20.1. The fourth-order valence-electron chi connectivity index (χ4n) is 3.85. The van der Waals surface area contributed by atoms with Crippen molar-refractivity contribution in [1.29, 1.82) is 0 Å². The third-order valence-corrected chi connectivity index (χ3v) is 7.26. The lowest BCUT2D eigenvalue weighted by molar-refractivity contribution is 0.227. The summed E-state index contributed by atoms with van der Waals surface area (Å²) < 4.78 is 24.3. The molecular weight excluding hydrogens is 472 g/mol. The predicted octanol–water partition coefficient (Wildman–Crippen LogP) is 6.03. The molecule has 1 unspecified atom stereocenters. The first-order valence-corrected chi connectivity index (χ1v) is 12.2. The van der Waals surface area contributed by atoms with Gasteiger partial charge in [-0.3, -0.25) is 8.99 Å². The van der Waals surface area contributed by atoms with Gasteiger partial charge in [0.25, 0.3) is 0 Å². The third kappa shape index (κ3) is 4.83. The van der Waals surface area contributed by atoms with Crippen LogP contribution in [0.4, 0.5) is 10.2 Å². The number of halogens is 3. The number of pyridine rings is 1. The van der Waals surface area contributed by atoms with E-state index in [0.29, 0.717) is 22.4 Å². The largest absolute Gasteiger partial charge is 0.482 e. The van der Waals surface area contributed by atoms with Gasteiger partial charge < -0.3 is 10.5 Å². The van der Waals surface area contributed by atoms with Gasteiger partial charge in [0.05, 0.1) is 17.3 Å². The number of nitrogens with zero attached hydrogens (tertiary/aromatic N) is 4. The molecule has 1 atom stereocenters. The second-order valence-corrected chi connectivity index (χ2v) is 9.34. The Morgan fingerprint density at radius 1 is 1.22 bits per heavy atom. The van der Waals surface area contributed by atoms with Crippen LogP contribution in [0.5, 0.6) is 5.75 Å². The molecule has 1 aliphatic heterocycles. The van der Waals surface area contributed by atoms with E-state index in [1.165, 1.54) is 12.1 Å². The first-order valence-electron chi connectivity index (χ1n) is 10.3. The number of rotatable bonds is 6. The van der Waals surface area contributed by atoms with E-state index in [-0.39, 0.29) is 10.8 Å². The molecule has 0 aliphatic carbocycles. The van der Waals surface area contributed by atoms with Gasteiger partial charge in [-0.1, -0.05) is 35.1 Å². The van der Waals surface area contributed by atoms with Gasteiger partial charge in [-0.2, -0.15) is 5.10 Å². The highest BCUT2D eigenvalue weighted by Gasteiger charge is 2.22. The second-order valence-electron chi connectivity index (χ2n) is 7.68. The lowest BCUT2D eigenvalue weighted by Gasteiger charge is -2.30. The molecule has 3 heterocycles. The van der Waals surface area contributed by atoms with Gasteiger partial charge in [0.2, 0.25) is 0 Å². The van der Waals surface area contributed by atoms with Gasteiger partial charge in [0.15, 0.2) is 11.6 Å². The van der Waals surface area contributed by atoms with Crippen LogP contribution in [0.15, 0.2) is 36.8 Å². The number of aromatic nitrogens is 3. The van der Waals surface area contributed by atoms with Crippen LogP contribution in [0.25, 0.3) is 11.1 Å². The molecule has 0 radical (unpaired) electrons. The van der Waals surface area contributed by atoms with Crippen molar-refractivity contribution in [3.8, 4) is 16.9 Å². The topological polar surface area (TPSA) is 69.2 Å². The molecule has 170 valence electrons. The molecule has 4 rings (SSSR count). The molecule has 6 nitrogen and oxygen atoms in total. The smallest absolute Gasteiger partial charge is 0.166 e. The van der Waals surface area contributed by atoms with Gasteiger partial charge in [-0.05, 0) is 44.2 Å². The number of piperidine rings is 1. The zero-order chi connectivity index (χ0) is 22.8. The maximum Gasteiger partial charge on any atom is 0.166 e. The standard InChI is InChI=1S/C22H24Cl2FN5OS/c1-13(20-17(23)3-4-18(25)21(20)24)31-19-9-14(10-27-22(19)26)15-11-28-30(12-15)16-5-7-29(32-2)8-6-16/h3-4,9-13,16H,5-8H2,1-2H3,(H2,26,27). The minimum Gasteiger partial charge on any atom is -0.482 e. The lowest BCUT2D eigenvalue weighted by atomic mass is 10.1. The molecule has 2 N–H and O–H groups in total. The van der Waals surface area contributed by atoms with Gasteiger partial charge in [0, 0.05) is 47.2 Å². The molecule has 10 heteroatoms. The van der Waals surface area contributed by atoms with Crippen LogP contribution in [-0.4, -0.2) is 38.4 Å². The van der Waals surface area contributed by atoms with E-state index in [1.54, 1.807) is 31.1 Å². The maximum absolute atomic E-state index is 13.9. The van der Waals surface area contributed by atoms with Crippen molar-refractivity contribution in [2.45, 2.75) is 31.9 Å².